The van der Waals surface area contributed by atoms with Crippen molar-refractivity contribution in [3.63, 3.8) is 0 Å². The third-order valence-corrected chi connectivity index (χ3v) is 3.90. The summed E-state index contributed by atoms with van der Waals surface area (Å²) in [6.07, 6.45) is 1.91. The number of hydrogen-bond acceptors (Lipinski definition) is 3. The van der Waals surface area contributed by atoms with Crippen molar-refractivity contribution in [2.45, 2.75) is 32.2 Å². The first-order valence-electron chi connectivity index (χ1n) is 6.32. The van der Waals surface area contributed by atoms with E-state index in [1.807, 2.05) is 11.8 Å². The molecule has 0 aromatic heterocycles. The number of carbonyl (C=O) groups excluding carboxylic acids is 1. The molecule has 17 heavy (non-hydrogen) atoms. The highest BCUT2D eigenvalue weighted by molar-refractivity contribution is 5.80. The second-order valence-electron chi connectivity index (χ2n) is 5.17. The topological polar surface area (TPSA) is 69.6 Å². The van der Waals surface area contributed by atoms with E-state index in [1.54, 1.807) is 0 Å². The van der Waals surface area contributed by atoms with Gasteiger partial charge in [0.15, 0.2) is 0 Å². The first-order chi connectivity index (χ1) is 8.08. The van der Waals surface area contributed by atoms with E-state index < -0.39 is 5.97 Å². The molecule has 0 radical (unpaired) electrons. The van der Waals surface area contributed by atoms with Crippen LogP contribution in [0.5, 0.6) is 0 Å². The Morgan fingerprint density at radius 1 is 1.41 bits per heavy atom. The van der Waals surface area contributed by atoms with Crippen LogP contribution >= 0.6 is 0 Å². The Balaban J connectivity index is 1.87. The van der Waals surface area contributed by atoms with E-state index in [4.69, 9.17) is 5.11 Å². The van der Waals surface area contributed by atoms with E-state index in [9.17, 15) is 9.59 Å². The zero-order chi connectivity index (χ0) is 12.4. The average Bonchev–Trinajstić information content (AvgIpc) is 2.85. The molecule has 1 amide bonds. The number of amides is 1. The normalized spacial score (nSPS) is 33.0. The molecule has 2 aliphatic heterocycles. The molecule has 3 unspecified atom stereocenters. The summed E-state index contributed by atoms with van der Waals surface area (Å²) in [5.41, 5.74) is 0. The summed E-state index contributed by atoms with van der Waals surface area (Å²) in [4.78, 5) is 24.7. The fourth-order valence-electron chi connectivity index (χ4n) is 2.88. The summed E-state index contributed by atoms with van der Waals surface area (Å²) in [5, 5.41) is 12.0. The molecule has 0 bridgehead atoms. The first-order valence-corrected chi connectivity index (χ1v) is 6.32. The molecular weight excluding hydrogens is 220 g/mol. The van der Waals surface area contributed by atoms with E-state index in [2.05, 4.69) is 5.32 Å². The van der Waals surface area contributed by atoms with E-state index in [0.29, 0.717) is 6.54 Å². The van der Waals surface area contributed by atoms with E-state index in [-0.39, 0.29) is 30.2 Å². The van der Waals surface area contributed by atoms with Gasteiger partial charge in [0.25, 0.3) is 0 Å². The SMILES string of the molecule is CC1NCCC1C(=O)N1CCC(CC(=O)O)C1. The molecule has 2 heterocycles. The van der Waals surface area contributed by atoms with E-state index >= 15 is 0 Å². The molecule has 2 fully saturated rings. The molecule has 0 aromatic rings. The first kappa shape index (κ1) is 12.4. The monoisotopic (exact) mass is 240 g/mol. The predicted molar refractivity (Wildman–Crippen MR) is 62.5 cm³/mol. The molecule has 5 nitrogen and oxygen atoms in total. The van der Waals surface area contributed by atoms with Crippen LogP contribution in [-0.2, 0) is 9.59 Å². The summed E-state index contributed by atoms with van der Waals surface area (Å²) >= 11 is 0. The molecule has 0 aromatic carbocycles. The third kappa shape index (κ3) is 2.77. The van der Waals surface area contributed by atoms with Crippen LogP contribution in [0.15, 0.2) is 0 Å². The van der Waals surface area contributed by atoms with Gasteiger partial charge in [0, 0.05) is 25.6 Å². The van der Waals surface area contributed by atoms with Crippen LogP contribution in [0.1, 0.15) is 26.2 Å². The number of carboxylic acids is 1. The lowest BCUT2D eigenvalue weighted by Gasteiger charge is -2.22. The fraction of sp³-hybridized carbons (Fsp3) is 0.833. The van der Waals surface area contributed by atoms with Gasteiger partial charge in [-0.3, -0.25) is 9.59 Å². The second-order valence-corrected chi connectivity index (χ2v) is 5.17. The van der Waals surface area contributed by atoms with Crippen LogP contribution in [0.3, 0.4) is 0 Å². The highest BCUT2D eigenvalue weighted by atomic mass is 16.4. The van der Waals surface area contributed by atoms with Crippen LogP contribution < -0.4 is 5.32 Å². The lowest BCUT2D eigenvalue weighted by atomic mass is 10.0. The van der Waals surface area contributed by atoms with Gasteiger partial charge in [-0.2, -0.15) is 0 Å². The Morgan fingerprint density at radius 3 is 2.76 bits per heavy atom. The van der Waals surface area contributed by atoms with Crippen LogP contribution in [0.4, 0.5) is 0 Å². The number of carbonyl (C=O) groups is 2. The van der Waals surface area contributed by atoms with Crippen molar-refractivity contribution in [2.75, 3.05) is 19.6 Å². The van der Waals surface area contributed by atoms with Crippen LogP contribution in [0.25, 0.3) is 0 Å². The average molecular weight is 240 g/mol. The van der Waals surface area contributed by atoms with Gasteiger partial charge in [-0.25, -0.2) is 0 Å². The zero-order valence-corrected chi connectivity index (χ0v) is 10.2. The lowest BCUT2D eigenvalue weighted by Crippen LogP contribution is -2.39. The van der Waals surface area contributed by atoms with Crippen molar-refractivity contribution in [2.24, 2.45) is 11.8 Å². The number of likely N-dealkylation sites (tertiary alicyclic amines) is 1. The minimum absolute atomic E-state index is 0.0820. The van der Waals surface area contributed by atoms with Crippen LogP contribution in [-0.4, -0.2) is 47.6 Å². The van der Waals surface area contributed by atoms with Crippen LogP contribution in [0, 0.1) is 11.8 Å². The molecule has 2 rings (SSSR count). The van der Waals surface area contributed by atoms with E-state index in [0.717, 1.165) is 25.9 Å². The van der Waals surface area contributed by atoms with Gasteiger partial charge >= 0.3 is 5.97 Å². The smallest absolute Gasteiger partial charge is 0.303 e. The Labute approximate surface area is 101 Å². The van der Waals surface area contributed by atoms with Crippen molar-refractivity contribution in [3.8, 4) is 0 Å². The molecule has 96 valence electrons. The molecule has 0 aliphatic carbocycles. The molecule has 2 N–H and O–H groups in total. The summed E-state index contributed by atoms with van der Waals surface area (Å²) in [6.45, 7) is 4.29. The summed E-state index contributed by atoms with van der Waals surface area (Å²) in [6, 6.07) is 0.251. The van der Waals surface area contributed by atoms with E-state index in [1.165, 1.54) is 0 Å². The maximum atomic E-state index is 12.2. The van der Waals surface area contributed by atoms with Crippen molar-refractivity contribution in [1.82, 2.24) is 10.2 Å². The highest BCUT2D eigenvalue weighted by Crippen LogP contribution is 2.24. The molecule has 2 aliphatic rings. The number of hydrogen-bond donors (Lipinski definition) is 2. The van der Waals surface area contributed by atoms with Crippen molar-refractivity contribution < 1.29 is 14.7 Å². The maximum Gasteiger partial charge on any atom is 0.303 e. The van der Waals surface area contributed by atoms with Gasteiger partial charge in [-0.15, -0.1) is 0 Å². The zero-order valence-electron chi connectivity index (χ0n) is 10.2. The Bertz CT molecular complexity index is 319. The van der Waals surface area contributed by atoms with Crippen molar-refractivity contribution in [3.05, 3.63) is 0 Å². The minimum Gasteiger partial charge on any atom is -0.481 e. The summed E-state index contributed by atoms with van der Waals surface area (Å²) < 4.78 is 0. The van der Waals surface area contributed by atoms with Gasteiger partial charge in [-0.1, -0.05) is 0 Å². The molecule has 0 spiro atoms. The highest BCUT2D eigenvalue weighted by Gasteiger charge is 2.36. The largest absolute Gasteiger partial charge is 0.481 e. The quantitative estimate of drug-likeness (QED) is 0.745. The standard InChI is InChI=1S/C12H20N2O3/c1-8-10(2-4-13-8)12(17)14-5-3-9(7-14)6-11(15)16/h8-10,13H,2-7H2,1H3,(H,15,16). The van der Waals surface area contributed by atoms with Crippen LogP contribution in [0.2, 0.25) is 0 Å². The molecule has 3 atom stereocenters. The van der Waals surface area contributed by atoms with Gasteiger partial charge in [0.1, 0.15) is 0 Å². The number of nitrogens with one attached hydrogen (secondary N) is 1. The Kier molecular flexibility index (Phi) is 3.66. The number of carboxylic acid groups (broad SMARTS) is 1. The second kappa shape index (κ2) is 5.04. The Morgan fingerprint density at radius 2 is 2.18 bits per heavy atom. The molecule has 5 heteroatoms. The third-order valence-electron chi connectivity index (χ3n) is 3.90. The number of aliphatic carboxylic acids is 1. The maximum absolute atomic E-state index is 12.2. The molecule has 2 saturated heterocycles. The van der Waals surface area contributed by atoms with Gasteiger partial charge < -0.3 is 15.3 Å². The molecule has 0 saturated carbocycles. The number of nitrogens with zero attached hydrogens (tertiary/aromatic N) is 1. The van der Waals surface area contributed by atoms with Gasteiger partial charge in [-0.05, 0) is 32.2 Å². The number of rotatable bonds is 3. The summed E-state index contributed by atoms with van der Waals surface area (Å²) in [5.74, 6) is -0.338. The fourth-order valence-corrected chi connectivity index (χ4v) is 2.88. The van der Waals surface area contributed by atoms with Gasteiger partial charge in [0.2, 0.25) is 5.91 Å². The Hall–Kier alpha value is -1.10. The predicted octanol–water partition coefficient (Wildman–Crippen LogP) is 0.308. The molecular formula is C12H20N2O3. The summed E-state index contributed by atoms with van der Waals surface area (Å²) in [7, 11) is 0. The minimum atomic E-state index is -0.764. The van der Waals surface area contributed by atoms with Gasteiger partial charge in [0.05, 0.1) is 5.92 Å². The lowest BCUT2D eigenvalue weighted by molar-refractivity contribution is -0.139. The van der Waals surface area contributed by atoms with Crippen molar-refractivity contribution >= 4 is 11.9 Å². The van der Waals surface area contributed by atoms with Crippen molar-refractivity contribution in [1.29, 1.82) is 0 Å².